The fourth-order valence-corrected chi connectivity index (χ4v) is 5.00. The number of para-hydroxylation sites is 1. The minimum Gasteiger partial charge on any atom is -0.361 e. The quantitative estimate of drug-likeness (QED) is 0.432. The van der Waals surface area contributed by atoms with Gasteiger partial charge in [0.15, 0.2) is 0 Å². The van der Waals surface area contributed by atoms with E-state index in [2.05, 4.69) is 22.4 Å². The van der Waals surface area contributed by atoms with Crippen LogP contribution in [0.15, 0.2) is 72.2 Å². The molecule has 3 heterocycles. The van der Waals surface area contributed by atoms with Gasteiger partial charge in [-0.15, -0.1) is 11.3 Å². The lowest BCUT2D eigenvalue weighted by Gasteiger charge is -2.17. The summed E-state index contributed by atoms with van der Waals surface area (Å²) in [5.41, 5.74) is 3.20. The number of fused-ring (bicyclic) bond motifs is 1. The van der Waals surface area contributed by atoms with Crippen LogP contribution in [0.25, 0.3) is 10.9 Å². The number of hydrogen-bond donors (Lipinski definition) is 2. The number of aromatic nitrogens is 1. The van der Waals surface area contributed by atoms with Gasteiger partial charge in [-0.25, -0.2) is 0 Å². The second kappa shape index (κ2) is 8.43. The molecule has 3 amide bonds. The largest absolute Gasteiger partial charge is 0.361 e. The summed E-state index contributed by atoms with van der Waals surface area (Å²) in [6.07, 6.45) is 2.48. The Hall–Kier alpha value is -3.71. The molecule has 4 aromatic rings. The van der Waals surface area contributed by atoms with E-state index in [9.17, 15) is 14.4 Å². The third kappa shape index (κ3) is 3.71. The summed E-state index contributed by atoms with van der Waals surface area (Å²) in [6.45, 7) is 0.450. The van der Waals surface area contributed by atoms with Crippen LogP contribution in [0.5, 0.6) is 0 Å². The third-order valence-corrected chi connectivity index (χ3v) is 6.78. The number of H-pyrrole nitrogens is 1. The molecule has 2 aromatic heterocycles. The van der Waals surface area contributed by atoms with Crippen molar-refractivity contribution in [2.75, 3.05) is 11.4 Å². The monoisotopic (exact) mass is 443 g/mol. The molecular weight excluding hydrogens is 422 g/mol. The smallest absolute Gasteiger partial charge is 0.251 e. The first-order valence-corrected chi connectivity index (χ1v) is 11.3. The SMILES string of the molecule is O=C(NC[C@@H](c1cccs1)c1c[nH]c2ccccc12)c1ccc(N2C(=O)CCC2=O)cc1. The fraction of sp³-hybridized carbons (Fsp3) is 0.160. The average molecular weight is 444 g/mol. The van der Waals surface area contributed by atoms with Gasteiger partial charge in [0.2, 0.25) is 11.8 Å². The number of nitrogens with zero attached hydrogens (tertiary/aromatic N) is 1. The van der Waals surface area contributed by atoms with Crippen molar-refractivity contribution in [1.82, 2.24) is 10.3 Å². The summed E-state index contributed by atoms with van der Waals surface area (Å²) < 4.78 is 0. The predicted octanol–water partition coefficient (Wildman–Crippen LogP) is 4.44. The molecule has 160 valence electrons. The molecule has 32 heavy (non-hydrogen) atoms. The maximum absolute atomic E-state index is 12.9. The molecule has 1 fully saturated rings. The Morgan fingerprint density at radius 2 is 1.75 bits per heavy atom. The Morgan fingerprint density at radius 3 is 2.47 bits per heavy atom. The standard InChI is InChI=1S/C25H21N3O3S/c29-23-11-12-24(30)28(23)17-9-7-16(8-10-17)25(31)27-15-20(22-6-3-13-32-22)19-14-26-21-5-2-1-4-18(19)21/h1-10,13-14,20,26H,11-12,15H2,(H,27,31)/t20-/m1/s1. The van der Waals surface area contributed by atoms with Crippen molar-refractivity contribution >= 4 is 45.6 Å². The number of anilines is 1. The number of aromatic amines is 1. The third-order valence-electron chi connectivity index (χ3n) is 5.79. The van der Waals surface area contributed by atoms with Crippen molar-refractivity contribution in [3.63, 3.8) is 0 Å². The van der Waals surface area contributed by atoms with Crippen molar-refractivity contribution in [2.24, 2.45) is 0 Å². The van der Waals surface area contributed by atoms with E-state index in [-0.39, 0.29) is 36.5 Å². The van der Waals surface area contributed by atoms with Crippen molar-refractivity contribution in [1.29, 1.82) is 0 Å². The van der Waals surface area contributed by atoms with Crippen LogP contribution in [-0.4, -0.2) is 29.3 Å². The molecule has 1 atom stereocenters. The molecule has 5 rings (SSSR count). The number of benzene rings is 2. The zero-order chi connectivity index (χ0) is 22.1. The van der Waals surface area contributed by atoms with Gasteiger partial charge in [0.1, 0.15) is 0 Å². The number of nitrogens with one attached hydrogen (secondary N) is 2. The lowest BCUT2D eigenvalue weighted by atomic mass is 9.96. The molecular formula is C25H21N3O3S. The van der Waals surface area contributed by atoms with Crippen LogP contribution >= 0.6 is 11.3 Å². The van der Waals surface area contributed by atoms with E-state index in [0.29, 0.717) is 17.8 Å². The molecule has 1 aliphatic heterocycles. The van der Waals surface area contributed by atoms with Crippen LogP contribution in [0.3, 0.4) is 0 Å². The highest BCUT2D eigenvalue weighted by Gasteiger charge is 2.30. The molecule has 0 saturated carbocycles. The highest BCUT2D eigenvalue weighted by atomic mass is 32.1. The van der Waals surface area contributed by atoms with Gasteiger partial charge in [-0.1, -0.05) is 24.3 Å². The molecule has 6 nitrogen and oxygen atoms in total. The van der Waals surface area contributed by atoms with Crippen LogP contribution in [0.4, 0.5) is 5.69 Å². The van der Waals surface area contributed by atoms with E-state index in [4.69, 9.17) is 0 Å². The summed E-state index contributed by atoms with van der Waals surface area (Å²) in [7, 11) is 0. The van der Waals surface area contributed by atoms with E-state index in [1.807, 2.05) is 35.8 Å². The average Bonchev–Trinajstić information content (AvgIpc) is 3.56. The van der Waals surface area contributed by atoms with E-state index < -0.39 is 0 Å². The van der Waals surface area contributed by atoms with Crippen LogP contribution < -0.4 is 10.2 Å². The number of imide groups is 1. The minimum atomic E-state index is -0.204. The van der Waals surface area contributed by atoms with E-state index in [1.54, 1.807) is 35.6 Å². The molecule has 1 saturated heterocycles. The number of carbonyl (C=O) groups is 3. The molecule has 2 N–H and O–H groups in total. The minimum absolute atomic E-state index is 0.0224. The molecule has 0 aliphatic carbocycles. The number of hydrogen-bond acceptors (Lipinski definition) is 4. The molecule has 0 unspecified atom stereocenters. The maximum atomic E-state index is 12.9. The highest BCUT2D eigenvalue weighted by Crippen LogP contribution is 2.33. The second-order valence-electron chi connectivity index (χ2n) is 7.74. The first kappa shape index (κ1) is 20.2. The van der Waals surface area contributed by atoms with Crippen molar-refractivity contribution in [3.8, 4) is 0 Å². The van der Waals surface area contributed by atoms with Gasteiger partial charge in [0.05, 0.1) is 5.69 Å². The molecule has 0 radical (unpaired) electrons. The lowest BCUT2D eigenvalue weighted by Crippen LogP contribution is -2.29. The molecule has 0 bridgehead atoms. The number of amides is 3. The van der Waals surface area contributed by atoms with Crippen molar-refractivity contribution in [3.05, 3.63) is 88.2 Å². The van der Waals surface area contributed by atoms with Gasteiger partial charge in [-0.3, -0.25) is 19.3 Å². The Balaban J connectivity index is 1.34. The summed E-state index contributed by atoms with van der Waals surface area (Å²) >= 11 is 1.67. The van der Waals surface area contributed by atoms with Gasteiger partial charge in [-0.2, -0.15) is 0 Å². The van der Waals surface area contributed by atoms with Crippen molar-refractivity contribution in [2.45, 2.75) is 18.8 Å². The lowest BCUT2D eigenvalue weighted by molar-refractivity contribution is -0.121. The Bertz CT molecular complexity index is 1280. The van der Waals surface area contributed by atoms with Crippen LogP contribution in [0.2, 0.25) is 0 Å². The number of rotatable bonds is 6. The molecule has 2 aromatic carbocycles. The molecule has 0 spiro atoms. The zero-order valence-electron chi connectivity index (χ0n) is 17.2. The topological polar surface area (TPSA) is 82.3 Å². The second-order valence-corrected chi connectivity index (χ2v) is 8.72. The van der Waals surface area contributed by atoms with Gasteiger partial charge in [-0.05, 0) is 47.3 Å². The zero-order valence-corrected chi connectivity index (χ0v) is 18.0. The summed E-state index contributed by atoms with van der Waals surface area (Å²) in [5, 5.41) is 6.24. The van der Waals surface area contributed by atoms with Crippen LogP contribution in [-0.2, 0) is 9.59 Å². The van der Waals surface area contributed by atoms with Gasteiger partial charge < -0.3 is 10.3 Å². The van der Waals surface area contributed by atoms with Gasteiger partial charge in [0, 0.05) is 52.8 Å². The Kier molecular flexibility index (Phi) is 5.33. The Morgan fingerprint density at radius 1 is 1.00 bits per heavy atom. The maximum Gasteiger partial charge on any atom is 0.251 e. The van der Waals surface area contributed by atoms with Gasteiger partial charge in [0.25, 0.3) is 5.91 Å². The Labute approximate surface area is 188 Å². The number of carbonyl (C=O) groups excluding carboxylic acids is 3. The summed E-state index contributed by atoms with van der Waals surface area (Å²) in [5.74, 6) is -0.583. The normalized spacial score (nSPS) is 14.8. The van der Waals surface area contributed by atoms with Crippen LogP contribution in [0.1, 0.15) is 39.6 Å². The first-order chi connectivity index (χ1) is 15.6. The van der Waals surface area contributed by atoms with E-state index in [0.717, 1.165) is 16.5 Å². The molecule has 7 heteroatoms. The van der Waals surface area contributed by atoms with E-state index in [1.165, 1.54) is 9.78 Å². The predicted molar refractivity (Wildman–Crippen MR) is 125 cm³/mol. The van der Waals surface area contributed by atoms with Crippen molar-refractivity contribution < 1.29 is 14.4 Å². The summed E-state index contributed by atoms with van der Waals surface area (Å²) in [6, 6.07) is 18.8. The summed E-state index contributed by atoms with van der Waals surface area (Å²) in [4.78, 5) is 42.4. The molecule has 1 aliphatic rings. The highest BCUT2D eigenvalue weighted by molar-refractivity contribution is 7.10. The van der Waals surface area contributed by atoms with E-state index >= 15 is 0 Å². The fourth-order valence-electron chi connectivity index (χ4n) is 4.16. The first-order valence-electron chi connectivity index (χ1n) is 10.5. The van der Waals surface area contributed by atoms with Crippen LogP contribution in [0, 0.1) is 0 Å². The number of thiophene rings is 1. The van der Waals surface area contributed by atoms with Gasteiger partial charge >= 0.3 is 0 Å².